The second kappa shape index (κ2) is 4.97. The highest BCUT2D eigenvalue weighted by Gasteiger charge is 2.14. The van der Waals surface area contributed by atoms with E-state index in [2.05, 4.69) is 11.2 Å². The molecule has 3 heteroatoms. The molecule has 15 heavy (non-hydrogen) atoms. The zero-order chi connectivity index (χ0) is 11.3. The van der Waals surface area contributed by atoms with Gasteiger partial charge in [0.15, 0.2) is 0 Å². The van der Waals surface area contributed by atoms with Gasteiger partial charge in [-0.05, 0) is 6.92 Å². The second-order valence-corrected chi connectivity index (χ2v) is 3.08. The summed E-state index contributed by atoms with van der Waals surface area (Å²) >= 11 is 0. The third-order valence-electron chi connectivity index (χ3n) is 1.87. The van der Waals surface area contributed by atoms with Crippen LogP contribution in [0.3, 0.4) is 0 Å². The Balaban J connectivity index is 2.73. The van der Waals surface area contributed by atoms with Gasteiger partial charge in [-0.25, -0.2) is 0 Å². The van der Waals surface area contributed by atoms with Gasteiger partial charge in [0.25, 0.3) is 5.91 Å². The molecule has 0 aliphatic rings. The molecule has 1 N–H and O–H groups in total. The van der Waals surface area contributed by atoms with Gasteiger partial charge >= 0.3 is 0 Å². The van der Waals surface area contributed by atoms with Crippen LogP contribution in [0.15, 0.2) is 24.3 Å². The van der Waals surface area contributed by atoms with Gasteiger partial charge in [0.05, 0.1) is 6.54 Å². The zero-order valence-corrected chi connectivity index (χ0v) is 8.41. The SMILES string of the molecule is C#CCNC(=O)C(=O)c1ccc(C)cc1. The molecule has 0 unspecified atom stereocenters. The summed E-state index contributed by atoms with van der Waals surface area (Å²) in [6, 6.07) is 6.80. The molecule has 1 rings (SSSR count). The van der Waals surface area contributed by atoms with Crippen LogP contribution in [0.1, 0.15) is 15.9 Å². The van der Waals surface area contributed by atoms with E-state index in [4.69, 9.17) is 6.42 Å². The maximum absolute atomic E-state index is 11.5. The third kappa shape index (κ3) is 2.96. The summed E-state index contributed by atoms with van der Waals surface area (Å²) in [6.07, 6.45) is 4.96. The minimum atomic E-state index is -0.670. The van der Waals surface area contributed by atoms with Crippen molar-refractivity contribution >= 4 is 11.7 Å². The van der Waals surface area contributed by atoms with Crippen molar-refractivity contribution < 1.29 is 9.59 Å². The molecule has 0 atom stereocenters. The number of Topliss-reactive ketones (excluding diaryl/α,β-unsaturated/α-hetero) is 1. The fourth-order valence-corrected chi connectivity index (χ4v) is 1.05. The monoisotopic (exact) mass is 201 g/mol. The maximum atomic E-state index is 11.5. The molecule has 1 aromatic carbocycles. The standard InChI is InChI=1S/C12H11NO2/c1-3-8-13-12(15)11(14)10-6-4-9(2)5-7-10/h1,4-7H,8H2,2H3,(H,13,15). The Labute approximate surface area is 88.5 Å². The summed E-state index contributed by atoms with van der Waals surface area (Å²) in [5.74, 6) is 0.996. The van der Waals surface area contributed by atoms with Crippen molar-refractivity contribution in [2.24, 2.45) is 0 Å². The van der Waals surface area contributed by atoms with Gasteiger partial charge in [0, 0.05) is 5.56 Å². The van der Waals surface area contributed by atoms with Crippen molar-refractivity contribution in [2.75, 3.05) is 6.54 Å². The topological polar surface area (TPSA) is 46.2 Å². The molecular formula is C12H11NO2. The largest absolute Gasteiger partial charge is 0.338 e. The Bertz CT molecular complexity index is 412. The number of hydrogen-bond donors (Lipinski definition) is 1. The van der Waals surface area contributed by atoms with E-state index in [0.717, 1.165) is 5.56 Å². The summed E-state index contributed by atoms with van der Waals surface area (Å²) < 4.78 is 0. The Morgan fingerprint density at radius 3 is 2.47 bits per heavy atom. The lowest BCUT2D eigenvalue weighted by atomic mass is 10.1. The van der Waals surface area contributed by atoms with E-state index in [-0.39, 0.29) is 6.54 Å². The van der Waals surface area contributed by atoms with Crippen LogP contribution in [-0.4, -0.2) is 18.2 Å². The summed E-state index contributed by atoms with van der Waals surface area (Å²) in [5.41, 5.74) is 1.41. The fourth-order valence-electron chi connectivity index (χ4n) is 1.05. The van der Waals surface area contributed by atoms with Gasteiger partial charge in [-0.15, -0.1) is 6.42 Å². The third-order valence-corrected chi connectivity index (χ3v) is 1.87. The molecule has 3 nitrogen and oxygen atoms in total. The lowest BCUT2D eigenvalue weighted by Crippen LogP contribution is -2.31. The van der Waals surface area contributed by atoms with Crippen LogP contribution in [0, 0.1) is 19.3 Å². The predicted octanol–water partition coefficient (Wildman–Crippen LogP) is 0.927. The zero-order valence-electron chi connectivity index (χ0n) is 8.41. The van der Waals surface area contributed by atoms with E-state index in [9.17, 15) is 9.59 Å². The number of terminal acetylenes is 1. The molecule has 1 amide bonds. The summed E-state index contributed by atoms with van der Waals surface area (Å²) in [6.45, 7) is 1.98. The Hall–Kier alpha value is -2.08. The van der Waals surface area contributed by atoms with Gasteiger partial charge < -0.3 is 5.32 Å². The van der Waals surface area contributed by atoms with Gasteiger partial charge in [0.1, 0.15) is 0 Å². The molecule has 0 aliphatic heterocycles. The first-order valence-electron chi connectivity index (χ1n) is 4.48. The summed E-state index contributed by atoms with van der Waals surface area (Å²) in [4.78, 5) is 22.7. The van der Waals surface area contributed by atoms with Crippen molar-refractivity contribution in [3.05, 3.63) is 35.4 Å². The predicted molar refractivity (Wildman–Crippen MR) is 57.4 cm³/mol. The average molecular weight is 201 g/mol. The van der Waals surface area contributed by atoms with E-state index in [1.807, 2.05) is 6.92 Å². The molecular weight excluding hydrogens is 190 g/mol. The van der Waals surface area contributed by atoms with E-state index in [1.165, 1.54) is 0 Å². The molecule has 0 saturated heterocycles. The second-order valence-electron chi connectivity index (χ2n) is 3.08. The van der Waals surface area contributed by atoms with Gasteiger partial charge in [-0.1, -0.05) is 35.7 Å². The normalized spacial score (nSPS) is 9.07. The Morgan fingerprint density at radius 2 is 1.93 bits per heavy atom. The number of benzene rings is 1. The number of carbonyl (C=O) groups is 2. The van der Waals surface area contributed by atoms with Crippen LogP contribution in [0.25, 0.3) is 0 Å². The number of hydrogen-bond acceptors (Lipinski definition) is 2. The molecule has 0 bridgehead atoms. The van der Waals surface area contributed by atoms with E-state index in [0.29, 0.717) is 5.56 Å². The molecule has 0 aliphatic carbocycles. The van der Waals surface area contributed by atoms with Crippen LogP contribution in [-0.2, 0) is 4.79 Å². The smallest absolute Gasteiger partial charge is 0.293 e. The Kier molecular flexibility index (Phi) is 3.64. The number of rotatable bonds is 3. The van der Waals surface area contributed by atoms with Crippen molar-refractivity contribution in [3.8, 4) is 12.3 Å². The lowest BCUT2D eigenvalue weighted by molar-refractivity contribution is -0.116. The molecule has 0 aromatic heterocycles. The lowest BCUT2D eigenvalue weighted by Gasteiger charge is -2.01. The van der Waals surface area contributed by atoms with E-state index < -0.39 is 11.7 Å². The number of nitrogens with one attached hydrogen (secondary N) is 1. The van der Waals surface area contributed by atoms with Crippen molar-refractivity contribution in [1.82, 2.24) is 5.32 Å². The summed E-state index contributed by atoms with van der Waals surface area (Å²) in [7, 11) is 0. The molecule has 0 fully saturated rings. The average Bonchev–Trinajstić information content (AvgIpc) is 2.26. The molecule has 1 aromatic rings. The molecule has 0 saturated carbocycles. The van der Waals surface area contributed by atoms with Gasteiger partial charge in [-0.3, -0.25) is 9.59 Å². The van der Waals surface area contributed by atoms with E-state index >= 15 is 0 Å². The minimum Gasteiger partial charge on any atom is -0.338 e. The van der Waals surface area contributed by atoms with Gasteiger partial charge in [-0.2, -0.15) is 0 Å². The highest BCUT2D eigenvalue weighted by molar-refractivity contribution is 6.42. The molecule has 76 valence electrons. The van der Waals surface area contributed by atoms with Gasteiger partial charge in [0.2, 0.25) is 5.78 Å². The van der Waals surface area contributed by atoms with Crippen LogP contribution in [0.4, 0.5) is 0 Å². The molecule has 0 radical (unpaired) electrons. The fraction of sp³-hybridized carbons (Fsp3) is 0.167. The highest BCUT2D eigenvalue weighted by Crippen LogP contribution is 2.03. The number of ketones is 1. The number of aryl methyl sites for hydroxylation is 1. The minimum absolute atomic E-state index is 0.0659. The van der Waals surface area contributed by atoms with Crippen molar-refractivity contribution in [1.29, 1.82) is 0 Å². The van der Waals surface area contributed by atoms with Crippen LogP contribution < -0.4 is 5.32 Å². The quantitative estimate of drug-likeness (QED) is 0.449. The molecule has 0 heterocycles. The van der Waals surface area contributed by atoms with Crippen molar-refractivity contribution in [2.45, 2.75) is 6.92 Å². The number of carbonyl (C=O) groups excluding carboxylic acids is 2. The van der Waals surface area contributed by atoms with Crippen LogP contribution >= 0.6 is 0 Å². The first-order chi connectivity index (χ1) is 7.15. The number of amides is 1. The van der Waals surface area contributed by atoms with E-state index in [1.54, 1.807) is 24.3 Å². The Morgan fingerprint density at radius 1 is 1.33 bits per heavy atom. The molecule has 0 spiro atoms. The first-order valence-corrected chi connectivity index (χ1v) is 4.48. The summed E-state index contributed by atoms with van der Waals surface area (Å²) in [5, 5.41) is 2.32. The first kappa shape index (κ1) is 11.0. The highest BCUT2D eigenvalue weighted by atomic mass is 16.2. The van der Waals surface area contributed by atoms with Crippen molar-refractivity contribution in [3.63, 3.8) is 0 Å². The van der Waals surface area contributed by atoms with Crippen LogP contribution in [0.2, 0.25) is 0 Å². The van der Waals surface area contributed by atoms with Crippen LogP contribution in [0.5, 0.6) is 0 Å². The maximum Gasteiger partial charge on any atom is 0.293 e.